The molecule has 40 heavy (non-hydrogen) atoms. The van der Waals surface area contributed by atoms with Gasteiger partial charge in [-0.05, 0) is 69.2 Å². The molecule has 0 aliphatic carbocycles. The third-order valence-electron chi connectivity index (χ3n) is 6.69. The summed E-state index contributed by atoms with van der Waals surface area (Å²) >= 11 is 6.44. The second kappa shape index (κ2) is 13.7. The van der Waals surface area contributed by atoms with E-state index in [0.717, 1.165) is 21.9 Å². The number of carbonyl (C=O) groups is 2. The van der Waals surface area contributed by atoms with Gasteiger partial charge in [-0.2, -0.15) is 0 Å². The number of anilines is 1. The van der Waals surface area contributed by atoms with Gasteiger partial charge < -0.3 is 15.0 Å². The molecular weight excluding hydrogens is 550 g/mol. The lowest BCUT2D eigenvalue weighted by atomic mass is 10.1. The highest BCUT2D eigenvalue weighted by molar-refractivity contribution is 7.92. The number of nitrogens with one attached hydrogen (secondary N) is 1. The summed E-state index contributed by atoms with van der Waals surface area (Å²) < 4.78 is 34.0. The van der Waals surface area contributed by atoms with E-state index in [1.54, 1.807) is 74.7 Å². The number of nitrogens with zero attached hydrogens (tertiary/aromatic N) is 2. The minimum Gasteiger partial charge on any atom is -0.497 e. The maximum absolute atomic E-state index is 14.0. The number of para-hydroxylation sites is 1. The zero-order valence-electron chi connectivity index (χ0n) is 23.4. The van der Waals surface area contributed by atoms with Crippen LogP contribution < -0.4 is 14.4 Å². The monoisotopic (exact) mass is 585 g/mol. The van der Waals surface area contributed by atoms with Gasteiger partial charge in [0.15, 0.2) is 0 Å². The molecule has 0 aliphatic rings. The van der Waals surface area contributed by atoms with Crippen molar-refractivity contribution in [3.05, 3.63) is 88.9 Å². The van der Waals surface area contributed by atoms with Crippen molar-refractivity contribution in [2.24, 2.45) is 0 Å². The summed E-state index contributed by atoms with van der Waals surface area (Å²) in [5.41, 5.74) is 1.81. The van der Waals surface area contributed by atoms with Crippen LogP contribution in [0.2, 0.25) is 5.02 Å². The Labute approximate surface area is 241 Å². The lowest BCUT2D eigenvalue weighted by Crippen LogP contribution is -2.52. The van der Waals surface area contributed by atoms with Crippen molar-refractivity contribution in [3.8, 4) is 5.75 Å². The van der Waals surface area contributed by atoms with Gasteiger partial charge >= 0.3 is 0 Å². The molecule has 0 unspecified atom stereocenters. The molecule has 0 aliphatic heterocycles. The maximum Gasteiger partial charge on any atom is 0.264 e. The predicted octanol–water partition coefficient (Wildman–Crippen LogP) is 5.18. The van der Waals surface area contributed by atoms with Crippen molar-refractivity contribution in [1.29, 1.82) is 0 Å². The van der Waals surface area contributed by atoms with Gasteiger partial charge in [-0.25, -0.2) is 8.42 Å². The molecule has 2 amide bonds. The lowest BCUT2D eigenvalue weighted by molar-refractivity contribution is -0.139. The topological polar surface area (TPSA) is 96.0 Å². The number of benzene rings is 3. The molecule has 3 rings (SSSR count). The Kier molecular flexibility index (Phi) is 10.6. The SMILES string of the molecule is CC[C@H](C)NC(=O)[C@H](C)N(Cc1ccc(OC)cc1)C(=O)CN(c1ccccc1Cl)S(=O)(=O)c1ccc(C)cc1. The fraction of sp³-hybridized carbons (Fsp3) is 0.333. The number of amides is 2. The van der Waals surface area contributed by atoms with E-state index in [9.17, 15) is 18.0 Å². The molecule has 0 heterocycles. The highest BCUT2D eigenvalue weighted by Crippen LogP contribution is 2.31. The van der Waals surface area contributed by atoms with Gasteiger partial charge in [-0.3, -0.25) is 13.9 Å². The molecular formula is C30H36ClN3O5S. The van der Waals surface area contributed by atoms with Crippen LogP contribution in [0.15, 0.2) is 77.7 Å². The second-order valence-electron chi connectivity index (χ2n) is 9.64. The van der Waals surface area contributed by atoms with E-state index in [0.29, 0.717) is 5.75 Å². The van der Waals surface area contributed by atoms with Crippen molar-refractivity contribution in [3.63, 3.8) is 0 Å². The predicted molar refractivity (Wildman–Crippen MR) is 158 cm³/mol. The van der Waals surface area contributed by atoms with Gasteiger partial charge in [0.1, 0.15) is 18.3 Å². The van der Waals surface area contributed by atoms with Crippen LogP contribution >= 0.6 is 11.6 Å². The molecule has 0 aromatic heterocycles. The molecule has 0 saturated heterocycles. The summed E-state index contributed by atoms with van der Waals surface area (Å²) in [4.78, 5) is 28.5. The van der Waals surface area contributed by atoms with Crippen LogP contribution in [-0.2, 0) is 26.2 Å². The Balaban J connectivity index is 2.03. The van der Waals surface area contributed by atoms with Gasteiger partial charge in [0, 0.05) is 12.6 Å². The van der Waals surface area contributed by atoms with Crippen molar-refractivity contribution >= 4 is 39.1 Å². The van der Waals surface area contributed by atoms with Gasteiger partial charge in [-0.1, -0.05) is 60.5 Å². The van der Waals surface area contributed by atoms with Crippen LogP contribution in [0.5, 0.6) is 5.75 Å². The third-order valence-corrected chi connectivity index (χ3v) is 8.78. The average Bonchev–Trinajstić information content (AvgIpc) is 2.95. The number of sulfonamides is 1. The van der Waals surface area contributed by atoms with Crippen LogP contribution in [0.4, 0.5) is 5.69 Å². The number of ether oxygens (including phenoxy) is 1. The number of hydrogen-bond donors (Lipinski definition) is 1. The Morgan fingerprint density at radius 2 is 1.60 bits per heavy atom. The number of rotatable bonds is 12. The fourth-order valence-corrected chi connectivity index (χ4v) is 5.70. The maximum atomic E-state index is 14.0. The highest BCUT2D eigenvalue weighted by Gasteiger charge is 2.33. The van der Waals surface area contributed by atoms with E-state index >= 15 is 0 Å². The van der Waals surface area contributed by atoms with E-state index in [2.05, 4.69) is 5.32 Å². The number of halogens is 1. The Morgan fingerprint density at radius 3 is 2.17 bits per heavy atom. The summed E-state index contributed by atoms with van der Waals surface area (Å²) in [5, 5.41) is 3.09. The Hall–Kier alpha value is -3.56. The van der Waals surface area contributed by atoms with E-state index in [-0.39, 0.29) is 34.1 Å². The normalized spacial score (nSPS) is 12.8. The molecule has 0 bridgehead atoms. The van der Waals surface area contributed by atoms with Crippen LogP contribution in [0.1, 0.15) is 38.3 Å². The quantitative estimate of drug-likeness (QED) is 0.316. The summed E-state index contributed by atoms with van der Waals surface area (Å²) in [6, 6.07) is 19.0. The van der Waals surface area contributed by atoms with E-state index < -0.39 is 28.5 Å². The first-order chi connectivity index (χ1) is 19.0. The van der Waals surface area contributed by atoms with Gasteiger partial charge in [-0.15, -0.1) is 0 Å². The summed E-state index contributed by atoms with van der Waals surface area (Å²) in [5.74, 6) is -0.238. The van der Waals surface area contributed by atoms with Crippen LogP contribution in [-0.4, -0.2) is 50.9 Å². The lowest BCUT2D eigenvalue weighted by Gasteiger charge is -2.32. The Morgan fingerprint density at radius 1 is 0.975 bits per heavy atom. The van der Waals surface area contributed by atoms with Crippen LogP contribution in [0.25, 0.3) is 0 Å². The first-order valence-corrected chi connectivity index (χ1v) is 14.9. The zero-order chi connectivity index (χ0) is 29.4. The van der Waals surface area contributed by atoms with E-state index in [1.807, 2.05) is 20.8 Å². The molecule has 1 N–H and O–H groups in total. The number of methoxy groups -OCH3 is 1. The molecule has 0 radical (unpaired) electrons. The smallest absolute Gasteiger partial charge is 0.264 e. The first kappa shape index (κ1) is 31.0. The Bertz CT molecular complexity index is 1410. The number of hydrogen-bond acceptors (Lipinski definition) is 5. The van der Waals surface area contributed by atoms with Crippen LogP contribution in [0, 0.1) is 6.92 Å². The van der Waals surface area contributed by atoms with Crippen molar-refractivity contribution in [1.82, 2.24) is 10.2 Å². The number of carbonyl (C=O) groups excluding carboxylic acids is 2. The molecule has 0 fully saturated rings. The fourth-order valence-electron chi connectivity index (χ4n) is 3.98. The van der Waals surface area contributed by atoms with Crippen molar-refractivity contribution < 1.29 is 22.7 Å². The first-order valence-electron chi connectivity index (χ1n) is 13.0. The standard InChI is InChI=1S/C30H36ClN3O5S/c1-6-22(3)32-30(36)23(4)33(19-24-13-15-25(39-5)16-14-24)29(35)20-34(28-10-8-7-9-27(28)31)40(37,38)26-17-11-21(2)12-18-26/h7-18,22-23H,6,19-20H2,1-5H3,(H,32,36)/t22-,23-/m0/s1. The number of aryl methyl sites for hydroxylation is 1. The van der Waals surface area contributed by atoms with Gasteiger partial charge in [0.25, 0.3) is 10.0 Å². The molecule has 2 atom stereocenters. The molecule has 10 heteroatoms. The van der Waals surface area contributed by atoms with Crippen molar-refractivity contribution in [2.45, 2.75) is 57.6 Å². The van der Waals surface area contributed by atoms with Gasteiger partial charge in [0.05, 0.1) is 22.7 Å². The largest absolute Gasteiger partial charge is 0.497 e. The van der Waals surface area contributed by atoms with Crippen LogP contribution in [0.3, 0.4) is 0 Å². The molecule has 214 valence electrons. The summed E-state index contributed by atoms with van der Waals surface area (Å²) in [6.07, 6.45) is 0.722. The molecule has 0 saturated carbocycles. The minimum atomic E-state index is -4.19. The minimum absolute atomic E-state index is 0.0232. The van der Waals surface area contributed by atoms with Crippen molar-refractivity contribution in [2.75, 3.05) is 18.0 Å². The highest BCUT2D eigenvalue weighted by atomic mass is 35.5. The summed E-state index contributed by atoms with van der Waals surface area (Å²) in [7, 11) is -2.63. The third kappa shape index (κ3) is 7.55. The van der Waals surface area contributed by atoms with E-state index in [1.165, 1.54) is 17.0 Å². The van der Waals surface area contributed by atoms with E-state index in [4.69, 9.17) is 16.3 Å². The summed E-state index contributed by atoms with van der Waals surface area (Å²) in [6.45, 7) is 6.85. The zero-order valence-corrected chi connectivity index (χ0v) is 25.0. The molecule has 8 nitrogen and oxygen atoms in total. The molecule has 3 aromatic carbocycles. The molecule has 3 aromatic rings. The average molecular weight is 586 g/mol. The van der Waals surface area contributed by atoms with Gasteiger partial charge in [0.2, 0.25) is 11.8 Å². The molecule has 0 spiro atoms. The second-order valence-corrected chi connectivity index (χ2v) is 11.9.